The highest BCUT2D eigenvalue weighted by Gasteiger charge is 2.31. The van der Waals surface area contributed by atoms with Crippen LogP contribution < -0.4 is 10.2 Å². The fourth-order valence-electron chi connectivity index (χ4n) is 5.59. The molecule has 0 atom stereocenters. The highest BCUT2D eigenvalue weighted by molar-refractivity contribution is 6.04. The number of hydrogen-bond donors (Lipinski definition) is 1. The lowest BCUT2D eigenvalue weighted by Gasteiger charge is -2.38. The lowest BCUT2D eigenvalue weighted by atomic mass is 10.0. The summed E-state index contributed by atoms with van der Waals surface area (Å²) < 4.78 is 16.5. The Kier molecular flexibility index (Phi) is 9.35. The number of ether oxygens (including phenoxy) is 2. The van der Waals surface area contributed by atoms with E-state index < -0.39 is 0 Å². The van der Waals surface area contributed by atoms with Crippen LogP contribution in [0.1, 0.15) is 60.7 Å². The number of benzene rings is 2. The number of nitrogens with one attached hydrogen (secondary N) is 1. The van der Waals surface area contributed by atoms with Crippen molar-refractivity contribution in [2.24, 2.45) is 0 Å². The van der Waals surface area contributed by atoms with E-state index in [4.69, 9.17) is 13.9 Å². The number of amides is 1. The SMILES string of the molecule is Cc1ccc(N(C(=O)c2ccco2)C2CCN(CCCc3ccccc3NCCCC3OC(C)O3)CC2)cc1. The summed E-state index contributed by atoms with van der Waals surface area (Å²) in [6.07, 6.45) is 7.47. The van der Waals surface area contributed by atoms with E-state index in [1.165, 1.54) is 16.8 Å². The normalized spacial score (nSPS) is 19.9. The van der Waals surface area contributed by atoms with Crippen LogP contribution in [0.4, 0.5) is 11.4 Å². The second kappa shape index (κ2) is 13.3. The summed E-state index contributed by atoms with van der Waals surface area (Å²) in [4.78, 5) is 17.9. The van der Waals surface area contributed by atoms with E-state index in [0.29, 0.717) is 5.76 Å². The lowest BCUT2D eigenvalue weighted by molar-refractivity contribution is -0.377. The van der Waals surface area contributed by atoms with E-state index in [-0.39, 0.29) is 24.5 Å². The third kappa shape index (κ3) is 7.29. The first kappa shape index (κ1) is 27.4. The Morgan fingerprint density at radius 2 is 1.77 bits per heavy atom. The highest BCUT2D eigenvalue weighted by atomic mass is 16.9. The molecular formula is C32H41N3O4. The van der Waals surface area contributed by atoms with Crippen LogP contribution in [0.3, 0.4) is 0 Å². The largest absolute Gasteiger partial charge is 0.459 e. The average Bonchev–Trinajstić information content (AvgIpc) is 3.48. The molecule has 39 heavy (non-hydrogen) atoms. The van der Waals surface area contributed by atoms with Crippen LogP contribution in [-0.2, 0) is 15.9 Å². The van der Waals surface area contributed by atoms with Crippen molar-refractivity contribution in [1.82, 2.24) is 4.90 Å². The van der Waals surface area contributed by atoms with Crippen LogP contribution in [0.25, 0.3) is 0 Å². The maximum Gasteiger partial charge on any atom is 0.294 e. The molecule has 0 radical (unpaired) electrons. The molecule has 0 spiro atoms. The highest BCUT2D eigenvalue weighted by Crippen LogP contribution is 2.27. The van der Waals surface area contributed by atoms with E-state index >= 15 is 0 Å². The van der Waals surface area contributed by atoms with Gasteiger partial charge in [0, 0.05) is 43.5 Å². The fraction of sp³-hybridized carbons (Fsp3) is 0.469. The van der Waals surface area contributed by atoms with Crippen LogP contribution in [0, 0.1) is 6.92 Å². The molecule has 2 aliphatic rings. The van der Waals surface area contributed by atoms with Gasteiger partial charge in [0.15, 0.2) is 18.3 Å². The van der Waals surface area contributed by atoms with Gasteiger partial charge in [-0.05, 0) is 88.4 Å². The molecule has 7 heteroatoms. The first-order chi connectivity index (χ1) is 19.1. The third-order valence-corrected chi connectivity index (χ3v) is 7.74. The molecule has 2 fully saturated rings. The summed E-state index contributed by atoms with van der Waals surface area (Å²) in [5.74, 6) is 0.332. The summed E-state index contributed by atoms with van der Waals surface area (Å²) in [5, 5.41) is 3.61. The number of para-hydroxylation sites is 1. The molecule has 5 rings (SSSR count). The zero-order chi connectivity index (χ0) is 27.0. The molecule has 1 amide bonds. The van der Waals surface area contributed by atoms with E-state index in [1.807, 2.05) is 24.0 Å². The Balaban J connectivity index is 1.09. The van der Waals surface area contributed by atoms with Crippen LogP contribution in [-0.4, -0.2) is 55.6 Å². The van der Waals surface area contributed by atoms with Crippen molar-refractivity contribution in [3.05, 3.63) is 83.8 Å². The first-order valence-corrected chi connectivity index (χ1v) is 14.4. The summed E-state index contributed by atoms with van der Waals surface area (Å²) in [5.41, 5.74) is 4.71. The molecule has 3 heterocycles. The molecule has 2 aromatic carbocycles. The average molecular weight is 532 g/mol. The number of likely N-dealkylation sites (tertiary alicyclic amines) is 1. The van der Waals surface area contributed by atoms with E-state index in [9.17, 15) is 4.79 Å². The van der Waals surface area contributed by atoms with Gasteiger partial charge in [0.1, 0.15) is 0 Å². The van der Waals surface area contributed by atoms with Gasteiger partial charge in [-0.3, -0.25) is 4.79 Å². The Labute approximate surface area is 232 Å². The molecule has 1 N–H and O–H groups in total. The molecule has 2 saturated heterocycles. The predicted molar refractivity (Wildman–Crippen MR) is 154 cm³/mol. The molecule has 3 aromatic rings. The second-order valence-electron chi connectivity index (χ2n) is 10.7. The lowest BCUT2D eigenvalue weighted by Crippen LogP contribution is -2.47. The van der Waals surface area contributed by atoms with Crippen molar-refractivity contribution in [3.8, 4) is 0 Å². The Morgan fingerprint density at radius 3 is 2.49 bits per heavy atom. The summed E-state index contributed by atoms with van der Waals surface area (Å²) in [7, 11) is 0. The number of carbonyl (C=O) groups excluding carboxylic acids is 1. The van der Waals surface area contributed by atoms with Crippen molar-refractivity contribution in [1.29, 1.82) is 0 Å². The number of hydrogen-bond acceptors (Lipinski definition) is 6. The molecule has 7 nitrogen and oxygen atoms in total. The van der Waals surface area contributed by atoms with Gasteiger partial charge >= 0.3 is 0 Å². The number of nitrogens with zero attached hydrogens (tertiary/aromatic N) is 2. The Morgan fingerprint density at radius 1 is 1.00 bits per heavy atom. The molecule has 2 aliphatic heterocycles. The van der Waals surface area contributed by atoms with Gasteiger partial charge in [0.2, 0.25) is 0 Å². The monoisotopic (exact) mass is 531 g/mol. The maximum atomic E-state index is 13.4. The second-order valence-corrected chi connectivity index (χ2v) is 10.7. The minimum absolute atomic E-state index is 0.0339. The number of rotatable bonds is 12. The van der Waals surface area contributed by atoms with Gasteiger partial charge in [-0.1, -0.05) is 35.9 Å². The Hall–Kier alpha value is -3.13. The molecule has 1 aromatic heterocycles. The zero-order valence-electron chi connectivity index (χ0n) is 23.2. The first-order valence-electron chi connectivity index (χ1n) is 14.4. The minimum atomic E-state index is -0.0614. The predicted octanol–water partition coefficient (Wildman–Crippen LogP) is 6.24. The third-order valence-electron chi connectivity index (χ3n) is 7.74. The molecule has 0 bridgehead atoms. The van der Waals surface area contributed by atoms with E-state index in [1.54, 1.807) is 18.4 Å². The molecule has 0 unspecified atom stereocenters. The van der Waals surface area contributed by atoms with Crippen LogP contribution in [0.2, 0.25) is 0 Å². The smallest absolute Gasteiger partial charge is 0.294 e. The van der Waals surface area contributed by atoms with Gasteiger partial charge in [0.25, 0.3) is 5.91 Å². The standard InChI is InChI=1S/C32H41N3O4/c1-24-13-15-27(16-14-24)35(32(36)30-11-7-23-37-30)28-17-21-34(22-18-28)20-6-9-26-8-3-4-10-29(26)33-19-5-12-31-38-25(2)39-31/h3-4,7-8,10-11,13-16,23,25,28,31,33H,5-6,9,12,17-22H2,1-2H3. The topological polar surface area (TPSA) is 67.2 Å². The number of aryl methyl sites for hydroxylation is 2. The van der Waals surface area contributed by atoms with Gasteiger partial charge in [-0.25, -0.2) is 0 Å². The Bertz CT molecular complexity index is 1170. The summed E-state index contributed by atoms with van der Waals surface area (Å²) in [6, 6.07) is 20.5. The number of furan rings is 1. The molecule has 0 aliphatic carbocycles. The number of anilines is 2. The zero-order valence-corrected chi connectivity index (χ0v) is 23.2. The van der Waals surface area contributed by atoms with Crippen LogP contribution >= 0.6 is 0 Å². The fourth-order valence-corrected chi connectivity index (χ4v) is 5.59. The van der Waals surface area contributed by atoms with E-state index in [0.717, 1.165) is 70.4 Å². The maximum absolute atomic E-state index is 13.4. The quantitative estimate of drug-likeness (QED) is 0.279. The van der Waals surface area contributed by atoms with Crippen molar-refractivity contribution < 1.29 is 18.7 Å². The van der Waals surface area contributed by atoms with Crippen LogP contribution in [0.15, 0.2) is 71.3 Å². The summed E-state index contributed by atoms with van der Waals surface area (Å²) >= 11 is 0. The van der Waals surface area contributed by atoms with E-state index in [2.05, 4.69) is 53.5 Å². The number of carbonyl (C=O) groups is 1. The number of piperidine rings is 1. The minimum Gasteiger partial charge on any atom is -0.459 e. The van der Waals surface area contributed by atoms with Crippen molar-refractivity contribution in [2.45, 2.75) is 71.0 Å². The van der Waals surface area contributed by atoms with Crippen LogP contribution in [0.5, 0.6) is 0 Å². The van der Waals surface area contributed by atoms with Gasteiger partial charge < -0.3 is 29.0 Å². The molecule has 208 valence electrons. The molecular weight excluding hydrogens is 490 g/mol. The summed E-state index contributed by atoms with van der Waals surface area (Å²) in [6.45, 7) is 7.95. The van der Waals surface area contributed by atoms with Gasteiger partial charge in [-0.2, -0.15) is 0 Å². The van der Waals surface area contributed by atoms with Crippen molar-refractivity contribution >= 4 is 17.3 Å². The van der Waals surface area contributed by atoms with Gasteiger partial charge in [-0.15, -0.1) is 0 Å². The van der Waals surface area contributed by atoms with Crippen molar-refractivity contribution in [3.63, 3.8) is 0 Å². The van der Waals surface area contributed by atoms with Gasteiger partial charge in [0.05, 0.1) is 6.26 Å². The van der Waals surface area contributed by atoms with Crippen molar-refractivity contribution in [2.75, 3.05) is 36.4 Å². The molecule has 0 saturated carbocycles.